The highest BCUT2D eigenvalue weighted by Crippen LogP contribution is 2.36. The number of ether oxygens (including phenoxy) is 1. The lowest BCUT2D eigenvalue weighted by Crippen LogP contribution is -1.90. The Morgan fingerprint density at radius 2 is 1.56 bits per heavy atom. The first-order chi connectivity index (χ1) is 8.61. The topological polar surface area (TPSA) is 26.3 Å². The number of carbonyl (C=O) groups excluding carboxylic acids is 1. The SMILES string of the molecule is O=Cc1ccccc1Oc1cc(Cl)c(Cl)cc1Cl. The zero-order valence-electron chi connectivity index (χ0n) is 8.99. The Labute approximate surface area is 119 Å². The molecule has 0 saturated carbocycles. The van der Waals surface area contributed by atoms with Crippen molar-refractivity contribution in [2.24, 2.45) is 0 Å². The quantitative estimate of drug-likeness (QED) is 0.571. The van der Waals surface area contributed by atoms with Crippen molar-refractivity contribution in [2.45, 2.75) is 0 Å². The summed E-state index contributed by atoms with van der Waals surface area (Å²) < 4.78 is 5.56. The maximum Gasteiger partial charge on any atom is 0.153 e. The van der Waals surface area contributed by atoms with Crippen LogP contribution >= 0.6 is 34.8 Å². The Bertz CT molecular complexity index is 597. The van der Waals surface area contributed by atoms with Gasteiger partial charge in [-0.2, -0.15) is 0 Å². The van der Waals surface area contributed by atoms with Crippen molar-refractivity contribution in [1.29, 1.82) is 0 Å². The molecule has 2 aromatic carbocycles. The van der Waals surface area contributed by atoms with Crippen LogP contribution < -0.4 is 4.74 Å². The lowest BCUT2D eigenvalue weighted by molar-refractivity contribution is 0.112. The van der Waals surface area contributed by atoms with Gasteiger partial charge in [0.25, 0.3) is 0 Å². The van der Waals surface area contributed by atoms with Gasteiger partial charge in [-0.25, -0.2) is 0 Å². The van der Waals surface area contributed by atoms with E-state index in [1.54, 1.807) is 24.3 Å². The molecule has 0 spiro atoms. The van der Waals surface area contributed by atoms with E-state index in [-0.39, 0.29) is 0 Å². The van der Waals surface area contributed by atoms with E-state index in [1.807, 2.05) is 0 Å². The summed E-state index contributed by atoms with van der Waals surface area (Å²) in [6.07, 6.45) is 0.709. The minimum Gasteiger partial charge on any atom is -0.455 e. The van der Waals surface area contributed by atoms with Crippen LogP contribution in [0.25, 0.3) is 0 Å². The molecule has 0 atom stereocenters. The lowest BCUT2D eigenvalue weighted by atomic mass is 10.2. The molecular formula is C13H7Cl3O2. The third kappa shape index (κ3) is 2.78. The number of halogens is 3. The van der Waals surface area contributed by atoms with Gasteiger partial charge in [-0.05, 0) is 18.2 Å². The molecule has 0 aliphatic carbocycles. The van der Waals surface area contributed by atoms with Gasteiger partial charge in [0.15, 0.2) is 6.29 Å². The first-order valence-electron chi connectivity index (χ1n) is 4.98. The standard InChI is InChI=1S/C13H7Cl3O2/c14-9-5-11(16)13(6-10(9)15)18-12-4-2-1-3-8(12)7-17/h1-7H. The summed E-state index contributed by atoms with van der Waals surface area (Å²) in [7, 11) is 0. The lowest BCUT2D eigenvalue weighted by Gasteiger charge is -2.10. The molecule has 0 radical (unpaired) electrons. The fourth-order valence-electron chi connectivity index (χ4n) is 1.37. The van der Waals surface area contributed by atoms with Gasteiger partial charge in [-0.1, -0.05) is 46.9 Å². The van der Waals surface area contributed by atoms with Crippen molar-refractivity contribution in [2.75, 3.05) is 0 Å². The zero-order valence-corrected chi connectivity index (χ0v) is 11.3. The van der Waals surface area contributed by atoms with Crippen molar-refractivity contribution in [3.05, 3.63) is 57.0 Å². The highest BCUT2D eigenvalue weighted by atomic mass is 35.5. The summed E-state index contributed by atoms with van der Waals surface area (Å²) in [6.45, 7) is 0. The van der Waals surface area contributed by atoms with Gasteiger partial charge >= 0.3 is 0 Å². The molecule has 18 heavy (non-hydrogen) atoms. The van der Waals surface area contributed by atoms with E-state index >= 15 is 0 Å². The van der Waals surface area contributed by atoms with E-state index in [0.29, 0.717) is 38.4 Å². The number of aldehydes is 1. The maximum absolute atomic E-state index is 10.9. The monoisotopic (exact) mass is 300 g/mol. The van der Waals surface area contributed by atoms with Crippen LogP contribution in [-0.4, -0.2) is 6.29 Å². The van der Waals surface area contributed by atoms with Crippen LogP contribution in [0.4, 0.5) is 0 Å². The molecule has 0 aromatic heterocycles. The van der Waals surface area contributed by atoms with Crippen LogP contribution in [0.15, 0.2) is 36.4 Å². The van der Waals surface area contributed by atoms with E-state index < -0.39 is 0 Å². The second-order valence-corrected chi connectivity index (χ2v) is 4.68. The Kier molecular flexibility index (Phi) is 4.12. The van der Waals surface area contributed by atoms with E-state index in [9.17, 15) is 4.79 Å². The molecule has 0 N–H and O–H groups in total. The normalized spacial score (nSPS) is 10.2. The minimum atomic E-state index is 0.324. The van der Waals surface area contributed by atoms with Gasteiger partial charge in [-0.3, -0.25) is 4.79 Å². The number of hydrogen-bond acceptors (Lipinski definition) is 2. The molecular weight excluding hydrogens is 294 g/mol. The van der Waals surface area contributed by atoms with Gasteiger partial charge in [0.05, 0.1) is 20.6 Å². The fourth-order valence-corrected chi connectivity index (χ4v) is 1.95. The van der Waals surface area contributed by atoms with Crippen LogP contribution in [0.1, 0.15) is 10.4 Å². The predicted octanol–water partition coefficient (Wildman–Crippen LogP) is 5.25. The van der Waals surface area contributed by atoms with Crippen LogP contribution in [0, 0.1) is 0 Å². The van der Waals surface area contributed by atoms with Crippen molar-refractivity contribution >= 4 is 41.1 Å². The van der Waals surface area contributed by atoms with Crippen molar-refractivity contribution in [1.82, 2.24) is 0 Å². The number of benzene rings is 2. The molecule has 0 aliphatic rings. The van der Waals surface area contributed by atoms with Gasteiger partial charge in [0, 0.05) is 6.07 Å². The Hall–Kier alpha value is -1.22. The average molecular weight is 302 g/mol. The average Bonchev–Trinajstić information content (AvgIpc) is 2.36. The molecule has 5 heteroatoms. The smallest absolute Gasteiger partial charge is 0.153 e. The minimum absolute atomic E-state index is 0.324. The van der Waals surface area contributed by atoms with E-state index in [0.717, 1.165) is 0 Å². The number of rotatable bonds is 3. The van der Waals surface area contributed by atoms with Crippen molar-refractivity contribution in [3.8, 4) is 11.5 Å². The van der Waals surface area contributed by atoms with E-state index in [2.05, 4.69) is 0 Å². The van der Waals surface area contributed by atoms with Crippen LogP contribution in [0.3, 0.4) is 0 Å². The van der Waals surface area contributed by atoms with Crippen molar-refractivity contribution < 1.29 is 9.53 Å². The predicted molar refractivity (Wildman–Crippen MR) is 73.4 cm³/mol. The van der Waals surface area contributed by atoms with Gasteiger partial charge in [0.1, 0.15) is 11.5 Å². The van der Waals surface area contributed by atoms with Crippen LogP contribution in [0.2, 0.25) is 15.1 Å². The molecule has 0 amide bonds. The zero-order chi connectivity index (χ0) is 13.1. The molecule has 0 bridgehead atoms. The number of para-hydroxylation sites is 1. The molecule has 2 nitrogen and oxygen atoms in total. The summed E-state index contributed by atoms with van der Waals surface area (Å²) in [4.78, 5) is 10.9. The summed E-state index contributed by atoms with van der Waals surface area (Å²) in [5.41, 5.74) is 0.430. The Balaban J connectivity index is 2.40. The van der Waals surface area contributed by atoms with E-state index in [1.165, 1.54) is 12.1 Å². The molecule has 2 rings (SSSR count). The highest BCUT2D eigenvalue weighted by Gasteiger charge is 2.10. The first-order valence-corrected chi connectivity index (χ1v) is 6.12. The summed E-state index contributed by atoms with van der Waals surface area (Å²) in [5, 5.41) is 1.00. The summed E-state index contributed by atoms with van der Waals surface area (Å²) >= 11 is 17.7. The Morgan fingerprint density at radius 1 is 0.889 bits per heavy atom. The van der Waals surface area contributed by atoms with E-state index in [4.69, 9.17) is 39.5 Å². The summed E-state index contributed by atoms with van der Waals surface area (Å²) in [6, 6.07) is 9.81. The largest absolute Gasteiger partial charge is 0.455 e. The molecule has 0 aliphatic heterocycles. The van der Waals surface area contributed by atoms with Gasteiger partial charge in [0.2, 0.25) is 0 Å². The molecule has 2 aromatic rings. The second-order valence-electron chi connectivity index (χ2n) is 3.45. The highest BCUT2D eigenvalue weighted by molar-refractivity contribution is 6.43. The molecule has 0 unspecified atom stereocenters. The first kappa shape index (κ1) is 13.2. The third-order valence-corrected chi connectivity index (χ3v) is 3.26. The molecule has 92 valence electrons. The second kappa shape index (κ2) is 5.61. The van der Waals surface area contributed by atoms with Gasteiger partial charge < -0.3 is 4.74 Å². The maximum atomic E-state index is 10.9. The fraction of sp³-hybridized carbons (Fsp3) is 0. The number of carbonyl (C=O) groups is 1. The Morgan fingerprint density at radius 3 is 2.28 bits per heavy atom. The van der Waals surface area contributed by atoms with Crippen LogP contribution in [0.5, 0.6) is 11.5 Å². The number of hydrogen-bond donors (Lipinski definition) is 0. The van der Waals surface area contributed by atoms with Gasteiger partial charge in [-0.15, -0.1) is 0 Å². The third-order valence-electron chi connectivity index (χ3n) is 2.24. The summed E-state index contributed by atoms with van der Waals surface area (Å²) in [5.74, 6) is 0.758. The van der Waals surface area contributed by atoms with Crippen molar-refractivity contribution in [3.63, 3.8) is 0 Å². The molecule has 0 saturated heterocycles. The van der Waals surface area contributed by atoms with Crippen LogP contribution in [-0.2, 0) is 0 Å². The molecule has 0 heterocycles. The molecule has 0 fully saturated rings.